The molecule has 0 spiro atoms. The van der Waals surface area contributed by atoms with Gasteiger partial charge in [-0.3, -0.25) is 0 Å². The Morgan fingerprint density at radius 2 is 1.45 bits per heavy atom. The molecule has 2 aliphatic rings. The molecule has 0 aliphatic carbocycles. The van der Waals surface area contributed by atoms with Gasteiger partial charge in [-0.15, -0.1) is 0 Å². The van der Waals surface area contributed by atoms with Crippen molar-refractivity contribution in [3.8, 4) is 0 Å². The molecule has 4 rings (SSSR count). The number of hydrogen-bond acceptors (Lipinski definition) is 3. The molecule has 2 amide bonds. The van der Waals surface area contributed by atoms with Crippen molar-refractivity contribution in [2.24, 2.45) is 5.92 Å². The van der Waals surface area contributed by atoms with Crippen LogP contribution in [0.1, 0.15) is 25.3 Å². The van der Waals surface area contributed by atoms with Gasteiger partial charge in [-0.25, -0.2) is 4.79 Å². The third-order valence-corrected chi connectivity index (χ3v) is 6.20. The van der Waals surface area contributed by atoms with E-state index in [1.165, 1.54) is 24.2 Å². The first kappa shape index (κ1) is 19.6. The van der Waals surface area contributed by atoms with Crippen LogP contribution in [0.2, 0.25) is 0 Å². The van der Waals surface area contributed by atoms with Gasteiger partial charge in [0.05, 0.1) is 0 Å². The van der Waals surface area contributed by atoms with Crippen LogP contribution in [-0.4, -0.2) is 50.2 Å². The van der Waals surface area contributed by atoms with Crippen LogP contribution in [0.25, 0.3) is 0 Å². The van der Waals surface area contributed by atoms with E-state index in [1.54, 1.807) is 0 Å². The van der Waals surface area contributed by atoms with E-state index in [2.05, 4.69) is 46.3 Å². The number of rotatable bonds is 3. The van der Waals surface area contributed by atoms with Crippen molar-refractivity contribution in [3.63, 3.8) is 0 Å². The SMILES string of the molecule is Cc1cccc(NC(=O)N2CCN(c3ccc(N4CCC(C)CC4)cc3)CC2)c1. The number of piperidine rings is 1. The fourth-order valence-electron chi connectivity index (χ4n) is 4.23. The molecular weight excluding hydrogens is 360 g/mol. The lowest BCUT2D eigenvalue weighted by Crippen LogP contribution is -2.50. The van der Waals surface area contributed by atoms with Gasteiger partial charge in [0.2, 0.25) is 0 Å². The Bertz CT molecular complexity index is 819. The lowest BCUT2D eigenvalue weighted by molar-refractivity contribution is 0.208. The zero-order chi connectivity index (χ0) is 20.2. The van der Waals surface area contributed by atoms with Crippen LogP contribution in [0.4, 0.5) is 21.9 Å². The van der Waals surface area contributed by atoms with Crippen molar-refractivity contribution < 1.29 is 4.79 Å². The second kappa shape index (κ2) is 8.76. The number of carbonyl (C=O) groups is 1. The number of amides is 2. The molecule has 0 unspecified atom stereocenters. The fraction of sp³-hybridized carbons (Fsp3) is 0.458. The van der Waals surface area contributed by atoms with Gasteiger partial charge < -0.3 is 20.0 Å². The number of benzene rings is 2. The summed E-state index contributed by atoms with van der Waals surface area (Å²) in [6, 6.07) is 16.9. The first-order valence-corrected chi connectivity index (χ1v) is 10.8. The van der Waals surface area contributed by atoms with Gasteiger partial charge in [0.15, 0.2) is 0 Å². The molecule has 0 bridgehead atoms. The van der Waals surface area contributed by atoms with E-state index in [-0.39, 0.29) is 6.03 Å². The number of carbonyl (C=O) groups excluding carboxylic acids is 1. The Morgan fingerprint density at radius 3 is 2.03 bits per heavy atom. The lowest BCUT2D eigenvalue weighted by Gasteiger charge is -2.36. The number of nitrogens with zero attached hydrogens (tertiary/aromatic N) is 3. The Labute approximate surface area is 174 Å². The van der Waals surface area contributed by atoms with Crippen LogP contribution in [0.5, 0.6) is 0 Å². The van der Waals surface area contributed by atoms with E-state index in [1.807, 2.05) is 36.1 Å². The van der Waals surface area contributed by atoms with Crippen LogP contribution in [0, 0.1) is 12.8 Å². The zero-order valence-corrected chi connectivity index (χ0v) is 17.6. The molecule has 2 aliphatic heterocycles. The smallest absolute Gasteiger partial charge is 0.321 e. The molecule has 154 valence electrons. The van der Waals surface area contributed by atoms with Crippen molar-refractivity contribution in [3.05, 3.63) is 54.1 Å². The molecule has 2 aromatic rings. The van der Waals surface area contributed by atoms with Crippen LogP contribution in [0.3, 0.4) is 0 Å². The standard InChI is InChI=1S/C24H32N4O/c1-19-10-12-26(13-11-19)22-6-8-23(9-7-22)27-14-16-28(17-15-27)24(29)25-21-5-3-4-20(2)18-21/h3-9,18-19H,10-17H2,1-2H3,(H,25,29). The summed E-state index contributed by atoms with van der Waals surface area (Å²) >= 11 is 0. The van der Waals surface area contributed by atoms with E-state index in [9.17, 15) is 4.79 Å². The van der Waals surface area contributed by atoms with Crippen LogP contribution in [-0.2, 0) is 0 Å². The Morgan fingerprint density at radius 1 is 0.862 bits per heavy atom. The van der Waals surface area contributed by atoms with Crippen molar-refractivity contribution in [1.82, 2.24) is 4.90 Å². The minimum Gasteiger partial charge on any atom is -0.372 e. The normalized spacial score (nSPS) is 18.1. The molecule has 0 saturated carbocycles. The molecule has 5 nitrogen and oxygen atoms in total. The Balaban J connectivity index is 1.29. The molecule has 2 heterocycles. The molecule has 0 radical (unpaired) electrons. The average Bonchev–Trinajstić information content (AvgIpc) is 2.75. The third-order valence-electron chi connectivity index (χ3n) is 6.20. The fourth-order valence-corrected chi connectivity index (χ4v) is 4.23. The van der Waals surface area contributed by atoms with Gasteiger partial charge in [-0.2, -0.15) is 0 Å². The van der Waals surface area contributed by atoms with Crippen LogP contribution < -0.4 is 15.1 Å². The monoisotopic (exact) mass is 392 g/mol. The van der Waals surface area contributed by atoms with Gasteiger partial charge in [0.1, 0.15) is 0 Å². The Hall–Kier alpha value is -2.69. The summed E-state index contributed by atoms with van der Waals surface area (Å²) in [5.74, 6) is 0.852. The maximum atomic E-state index is 12.6. The van der Waals surface area contributed by atoms with E-state index in [4.69, 9.17) is 0 Å². The topological polar surface area (TPSA) is 38.8 Å². The molecule has 0 atom stereocenters. The summed E-state index contributed by atoms with van der Waals surface area (Å²) in [6.07, 6.45) is 2.57. The molecule has 5 heteroatoms. The zero-order valence-electron chi connectivity index (χ0n) is 17.6. The van der Waals surface area contributed by atoms with Crippen LogP contribution in [0.15, 0.2) is 48.5 Å². The molecule has 2 aromatic carbocycles. The molecule has 29 heavy (non-hydrogen) atoms. The van der Waals surface area contributed by atoms with Crippen molar-refractivity contribution in [2.75, 3.05) is 54.4 Å². The van der Waals surface area contributed by atoms with Gasteiger partial charge in [-0.05, 0) is 67.6 Å². The summed E-state index contributed by atoms with van der Waals surface area (Å²) < 4.78 is 0. The molecule has 2 saturated heterocycles. The average molecular weight is 393 g/mol. The van der Waals surface area contributed by atoms with Gasteiger partial charge >= 0.3 is 6.03 Å². The second-order valence-corrected chi connectivity index (χ2v) is 8.46. The minimum absolute atomic E-state index is 0.00933. The Kier molecular flexibility index (Phi) is 5.93. The van der Waals surface area contributed by atoms with Gasteiger partial charge in [0.25, 0.3) is 0 Å². The summed E-state index contributed by atoms with van der Waals surface area (Å²) in [7, 11) is 0. The van der Waals surface area contributed by atoms with E-state index < -0.39 is 0 Å². The quantitative estimate of drug-likeness (QED) is 0.831. The highest BCUT2D eigenvalue weighted by Crippen LogP contribution is 2.26. The number of nitrogens with one attached hydrogen (secondary N) is 1. The lowest BCUT2D eigenvalue weighted by atomic mass is 9.99. The molecule has 1 N–H and O–H groups in total. The van der Waals surface area contributed by atoms with Crippen molar-refractivity contribution >= 4 is 23.1 Å². The largest absolute Gasteiger partial charge is 0.372 e. The highest BCUT2D eigenvalue weighted by atomic mass is 16.2. The first-order chi connectivity index (χ1) is 14.1. The van der Waals surface area contributed by atoms with Crippen LogP contribution >= 0.6 is 0 Å². The number of hydrogen-bond donors (Lipinski definition) is 1. The number of piperazine rings is 1. The van der Waals surface area contributed by atoms with Gasteiger partial charge in [-0.1, -0.05) is 19.1 Å². The molecule has 2 fully saturated rings. The second-order valence-electron chi connectivity index (χ2n) is 8.46. The first-order valence-electron chi connectivity index (χ1n) is 10.8. The molecular formula is C24H32N4O. The number of anilines is 3. The molecule has 0 aromatic heterocycles. The summed E-state index contributed by atoms with van der Waals surface area (Å²) in [4.78, 5) is 19.3. The number of aryl methyl sites for hydroxylation is 1. The van der Waals surface area contributed by atoms with E-state index in [0.29, 0.717) is 0 Å². The predicted molar refractivity (Wildman–Crippen MR) is 121 cm³/mol. The highest BCUT2D eigenvalue weighted by molar-refractivity contribution is 5.89. The highest BCUT2D eigenvalue weighted by Gasteiger charge is 2.22. The number of urea groups is 1. The maximum Gasteiger partial charge on any atom is 0.321 e. The third kappa shape index (κ3) is 4.84. The van der Waals surface area contributed by atoms with E-state index >= 15 is 0 Å². The summed E-state index contributed by atoms with van der Waals surface area (Å²) in [5, 5.41) is 3.02. The van der Waals surface area contributed by atoms with E-state index in [0.717, 1.165) is 56.4 Å². The van der Waals surface area contributed by atoms with Gasteiger partial charge in [0, 0.05) is 56.3 Å². The maximum absolute atomic E-state index is 12.6. The van der Waals surface area contributed by atoms with Crippen molar-refractivity contribution in [2.45, 2.75) is 26.7 Å². The predicted octanol–water partition coefficient (Wildman–Crippen LogP) is 4.59. The minimum atomic E-state index is -0.00933. The van der Waals surface area contributed by atoms with Crippen molar-refractivity contribution in [1.29, 1.82) is 0 Å². The summed E-state index contributed by atoms with van der Waals surface area (Å²) in [6.45, 7) is 9.91. The summed E-state index contributed by atoms with van der Waals surface area (Å²) in [5.41, 5.74) is 4.59.